The number of nitrogens with zero attached hydrogens (tertiary/aromatic N) is 2. The Morgan fingerprint density at radius 2 is 1.91 bits per heavy atom. The molecular formula is C23H39N5O4S. The van der Waals surface area contributed by atoms with Crippen LogP contribution in [0.25, 0.3) is 0 Å². The van der Waals surface area contributed by atoms with Gasteiger partial charge < -0.3 is 20.7 Å². The number of piperazine rings is 1. The summed E-state index contributed by atoms with van der Waals surface area (Å²) < 4.78 is 35.1. The molecule has 0 radical (unpaired) electrons. The van der Waals surface area contributed by atoms with Gasteiger partial charge in [0, 0.05) is 51.5 Å². The number of sulfonamides is 1. The van der Waals surface area contributed by atoms with Crippen LogP contribution in [0.3, 0.4) is 0 Å². The van der Waals surface area contributed by atoms with E-state index in [1.807, 2.05) is 39.5 Å². The topological polar surface area (TPSA) is 126 Å². The number of nitrogens with one attached hydrogen (secondary N) is 2. The fourth-order valence-electron chi connectivity index (χ4n) is 4.90. The average molecular weight is 482 g/mol. The van der Waals surface area contributed by atoms with Gasteiger partial charge in [0.25, 0.3) is 0 Å². The third-order valence-corrected chi connectivity index (χ3v) is 8.71. The summed E-state index contributed by atoms with van der Waals surface area (Å²) in [5.74, 6) is 0.655. The summed E-state index contributed by atoms with van der Waals surface area (Å²) in [5, 5.41) is 2.51. The van der Waals surface area contributed by atoms with Crippen molar-refractivity contribution in [1.29, 1.82) is 0 Å². The number of fused-ring (bicyclic) bond motifs is 1. The van der Waals surface area contributed by atoms with E-state index in [-0.39, 0.29) is 23.4 Å². The van der Waals surface area contributed by atoms with Crippen molar-refractivity contribution in [1.82, 2.24) is 14.9 Å². The summed E-state index contributed by atoms with van der Waals surface area (Å²) in [4.78, 5) is 18.3. The summed E-state index contributed by atoms with van der Waals surface area (Å²) in [7, 11) is -3.78. The number of aliphatic imine (C=N–C) groups is 1. The highest BCUT2D eigenvalue weighted by molar-refractivity contribution is 7.90. The number of carbonyl (C=O) groups excluding carboxylic acids is 1. The van der Waals surface area contributed by atoms with E-state index < -0.39 is 15.3 Å². The third kappa shape index (κ3) is 5.90. The molecular weight excluding hydrogens is 442 g/mol. The van der Waals surface area contributed by atoms with Crippen LogP contribution in [-0.4, -0.2) is 68.8 Å². The summed E-state index contributed by atoms with van der Waals surface area (Å²) in [5.41, 5.74) is 8.32. The Morgan fingerprint density at radius 3 is 2.58 bits per heavy atom. The second kappa shape index (κ2) is 10.0. The molecule has 186 valence electrons. The number of hydrogen-bond acceptors (Lipinski definition) is 6. The van der Waals surface area contributed by atoms with Gasteiger partial charge in [0.2, 0.25) is 21.9 Å². The second-order valence-corrected chi connectivity index (χ2v) is 11.7. The normalized spacial score (nSPS) is 25.7. The van der Waals surface area contributed by atoms with Gasteiger partial charge in [-0.25, -0.2) is 8.42 Å². The van der Waals surface area contributed by atoms with Crippen LogP contribution in [0, 0.1) is 5.92 Å². The number of allylic oxidation sites excluding steroid dienone is 2. The Kier molecular flexibility index (Phi) is 7.78. The number of nitrogens with two attached hydrogens (primary N) is 1. The van der Waals surface area contributed by atoms with Crippen molar-refractivity contribution in [3.05, 3.63) is 22.5 Å². The van der Waals surface area contributed by atoms with Crippen LogP contribution in [0.4, 0.5) is 0 Å². The lowest BCUT2D eigenvalue weighted by atomic mass is 9.83. The Balaban J connectivity index is 1.56. The number of hydrogen-bond donors (Lipinski definition) is 3. The van der Waals surface area contributed by atoms with Gasteiger partial charge in [-0.2, -0.15) is 0 Å². The quantitative estimate of drug-likeness (QED) is 0.288. The van der Waals surface area contributed by atoms with E-state index in [1.54, 1.807) is 0 Å². The molecule has 3 rings (SSSR count). The van der Waals surface area contributed by atoms with E-state index in [1.165, 1.54) is 0 Å². The van der Waals surface area contributed by atoms with Crippen molar-refractivity contribution in [3.63, 3.8) is 0 Å². The standard InChI is InChI=1S/C23H39N5O4S/c1-15-16(2)21(17(3)18-14-23(4,5)32-20(15)18)33(30,31)27-22(24)26-9-7-6-8-19(29)28-12-10-25-11-13-28/h16,21,25H,6-14H2,1-5H3,(H3,24,26,27). The van der Waals surface area contributed by atoms with Crippen molar-refractivity contribution < 1.29 is 17.9 Å². The van der Waals surface area contributed by atoms with E-state index in [2.05, 4.69) is 15.0 Å². The van der Waals surface area contributed by atoms with E-state index in [0.29, 0.717) is 32.2 Å². The first-order valence-electron chi connectivity index (χ1n) is 11.8. The molecule has 4 N–H and O–H groups in total. The Hall–Kier alpha value is -2.07. The molecule has 0 bridgehead atoms. The number of carbonyl (C=O) groups is 1. The van der Waals surface area contributed by atoms with Crippen LogP contribution in [0.15, 0.2) is 27.5 Å². The molecule has 1 amide bonds. The fraction of sp³-hybridized carbons (Fsp3) is 0.739. The van der Waals surface area contributed by atoms with Crippen LogP contribution in [0.2, 0.25) is 0 Å². The maximum absolute atomic E-state index is 13.2. The van der Waals surface area contributed by atoms with Gasteiger partial charge in [0.1, 0.15) is 16.6 Å². The molecule has 2 heterocycles. The first kappa shape index (κ1) is 25.6. The largest absolute Gasteiger partial charge is 0.487 e. The number of amides is 1. The van der Waals surface area contributed by atoms with Crippen LogP contribution in [0.5, 0.6) is 0 Å². The predicted molar refractivity (Wildman–Crippen MR) is 130 cm³/mol. The van der Waals surface area contributed by atoms with E-state index in [9.17, 15) is 13.2 Å². The summed E-state index contributed by atoms with van der Waals surface area (Å²) in [6, 6.07) is 0. The van der Waals surface area contributed by atoms with Gasteiger partial charge in [0.05, 0.1) is 0 Å². The molecule has 2 fully saturated rings. The summed E-state index contributed by atoms with van der Waals surface area (Å²) in [6.45, 7) is 13.3. The molecule has 1 aliphatic carbocycles. The molecule has 0 aromatic carbocycles. The molecule has 0 spiro atoms. The van der Waals surface area contributed by atoms with Gasteiger partial charge >= 0.3 is 0 Å². The molecule has 2 unspecified atom stereocenters. The highest BCUT2D eigenvalue weighted by Gasteiger charge is 2.45. The fourth-order valence-corrected chi connectivity index (χ4v) is 6.73. The average Bonchev–Trinajstić information content (AvgIpc) is 3.08. The van der Waals surface area contributed by atoms with E-state index >= 15 is 0 Å². The van der Waals surface area contributed by atoms with Gasteiger partial charge in [-0.05, 0) is 57.3 Å². The van der Waals surface area contributed by atoms with Gasteiger partial charge in [-0.3, -0.25) is 14.5 Å². The molecule has 2 atom stereocenters. The lowest BCUT2D eigenvalue weighted by molar-refractivity contribution is -0.131. The third-order valence-electron chi connectivity index (χ3n) is 6.78. The smallest absolute Gasteiger partial charge is 0.242 e. The lowest BCUT2D eigenvalue weighted by Crippen LogP contribution is -2.46. The van der Waals surface area contributed by atoms with Gasteiger partial charge in [-0.15, -0.1) is 0 Å². The van der Waals surface area contributed by atoms with Crippen molar-refractivity contribution in [2.75, 3.05) is 32.7 Å². The zero-order valence-electron chi connectivity index (χ0n) is 20.5. The van der Waals surface area contributed by atoms with E-state index in [0.717, 1.165) is 48.7 Å². The zero-order chi connectivity index (χ0) is 24.4. The van der Waals surface area contributed by atoms with Crippen molar-refractivity contribution in [3.8, 4) is 0 Å². The molecule has 0 aromatic heterocycles. The minimum absolute atomic E-state index is 0.108. The Bertz CT molecular complexity index is 961. The van der Waals surface area contributed by atoms with Crippen LogP contribution < -0.4 is 15.8 Å². The SMILES string of the molecule is CC1=C2OC(C)(C)CC2=C(C)C(S(=O)(=O)NC(N)=NCCCCC(=O)N2CCNCC2)C1C. The van der Waals surface area contributed by atoms with Gasteiger partial charge in [0.15, 0.2) is 0 Å². The lowest BCUT2D eigenvalue weighted by Gasteiger charge is -2.31. The number of unbranched alkanes of at least 4 members (excludes halogenated alkanes) is 1. The minimum atomic E-state index is -3.78. The van der Waals surface area contributed by atoms with Crippen LogP contribution in [-0.2, 0) is 19.6 Å². The monoisotopic (exact) mass is 481 g/mol. The number of guanidine groups is 1. The highest BCUT2D eigenvalue weighted by atomic mass is 32.2. The van der Waals surface area contributed by atoms with Gasteiger partial charge in [-0.1, -0.05) is 6.92 Å². The highest BCUT2D eigenvalue weighted by Crippen LogP contribution is 2.47. The van der Waals surface area contributed by atoms with Crippen LogP contribution >= 0.6 is 0 Å². The molecule has 33 heavy (non-hydrogen) atoms. The zero-order valence-corrected chi connectivity index (χ0v) is 21.3. The first-order chi connectivity index (χ1) is 15.4. The maximum atomic E-state index is 13.2. The molecule has 2 aliphatic heterocycles. The first-order valence-corrected chi connectivity index (χ1v) is 13.4. The molecule has 3 aliphatic rings. The molecule has 0 saturated carbocycles. The number of ether oxygens (including phenoxy) is 1. The maximum Gasteiger partial charge on any atom is 0.242 e. The van der Waals surface area contributed by atoms with Crippen molar-refractivity contribution in [2.45, 2.75) is 71.2 Å². The Morgan fingerprint density at radius 1 is 1.24 bits per heavy atom. The van der Waals surface area contributed by atoms with E-state index in [4.69, 9.17) is 10.5 Å². The van der Waals surface area contributed by atoms with Crippen molar-refractivity contribution >= 4 is 21.9 Å². The second-order valence-electron chi connectivity index (χ2n) is 9.92. The molecule has 2 saturated heterocycles. The molecule has 0 aromatic rings. The molecule has 9 nitrogen and oxygen atoms in total. The minimum Gasteiger partial charge on any atom is -0.487 e. The number of rotatable bonds is 7. The van der Waals surface area contributed by atoms with Crippen molar-refractivity contribution in [2.24, 2.45) is 16.6 Å². The Labute approximate surface area is 198 Å². The summed E-state index contributed by atoms with van der Waals surface area (Å²) in [6.07, 6.45) is 2.51. The predicted octanol–water partition coefficient (Wildman–Crippen LogP) is 1.63. The molecule has 10 heteroatoms. The van der Waals surface area contributed by atoms with Crippen LogP contribution in [0.1, 0.15) is 60.3 Å². The summed E-state index contributed by atoms with van der Waals surface area (Å²) >= 11 is 0.